The first-order valence-electron chi connectivity index (χ1n) is 34.9. The summed E-state index contributed by atoms with van der Waals surface area (Å²) in [6.07, 6.45) is 3.75. The summed E-state index contributed by atoms with van der Waals surface area (Å²) in [4.78, 5) is 48.6. The van der Waals surface area contributed by atoms with E-state index in [1.807, 2.05) is 69.2 Å². The molecule has 8 heterocycles. The minimum Gasteiger partial charge on any atom is -0.443 e. The van der Waals surface area contributed by atoms with E-state index in [2.05, 4.69) is 69.4 Å². The van der Waals surface area contributed by atoms with Crippen LogP contribution in [0.3, 0.4) is 0 Å². The third-order valence-corrected chi connectivity index (χ3v) is 27.2. The number of halogens is 2. The molecule has 0 radical (unpaired) electrons. The van der Waals surface area contributed by atoms with Gasteiger partial charge in [-0.25, -0.2) is 19.0 Å². The third kappa shape index (κ3) is 19.1. The molecule has 2 aliphatic carbocycles. The summed E-state index contributed by atoms with van der Waals surface area (Å²) >= 11 is 13.1. The Morgan fingerprint density at radius 1 is 0.580 bits per heavy atom. The molecule has 10 rings (SSSR count). The molecule has 1 unspecified atom stereocenters. The lowest BCUT2D eigenvalue weighted by atomic mass is 10.1. The molecule has 4 aromatic rings. The van der Waals surface area contributed by atoms with E-state index in [1.54, 1.807) is 58.2 Å². The van der Waals surface area contributed by atoms with Crippen LogP contribution in [-0.4, -0.2) is 240 Å². The number of amides is 2. The van der Waals surface area contributed by atoms with Gasteiger partial charge in [-0.1, -0.05) is 65.0 Å². The fourth-order valence-corrected chi connectivity index (χ4v) is 17.3. The van der Waals surface area contributed by atoms with Crippen molar-refractivity contribution in [3.05, 3.63) is 23.0 Å². The summed E-state index contributed by atoms with van der Waals surface area (Å²) in [6, 6.07) is 1.60. The van der Waals surface area contributed by atoms with E-state index in [9.17, 15) is 28.9 Å². The highest BCUT2D eigenvalue weighted by atomic mass is 35.5. The van der Waals surface area contributed by atoms with Gasteiger partial charge in [0.05, 0.1) is 62.8 Å². The van der Waals surface area contributed by atoms with Gasteiger partial charge >= 0.3 is 12.2 Å². The average Bonchev–Trinajstić information content (AvgIpc) is 1.57. The molecule has 564 valence electrons. The topological polar surface area (TPSA) is 313 Å². The number of hydrogen-bond donors (Lipinski definition) is 2. The molecule has 4 aromatic heterocycles. The van der Waals surface area contributed by atoms with Gasteiger partial charge in [0, 0.05) is 41.4 Å². The van der Waals surface area contributed by atoms with Gasteiger partial charge in [0.15, 0.2) is 57.6 Å². The molecule has 6 fully saturated rings. The largest absolute Gasteiger partial charge is 0.443 e. The van der Waals surface area contributed by atoms with Gasteiger partial charge < -0.3 is 76.2 Å². The zero-order chi connectivity index (χ0) is 73.7. The average molecular weight is 1520 g/mol. The van der Waals surface area contributed by atoms with Gasteiger partial charge in [-0.2, -0.15) is 30.1 Å². The summed E-state index contributed by atoms with van der Waals surface area (Å²) < 4.78 is 105. The van der Waals surface area contributed by atoms with Crippen LogP contribution < -0.4 is 9.80 Å². The number of hydrogen-bond acceptors (Lipinski definition) is 24. The summed E-state index contributed by atoms with van der Waals surface area (Å²) in [5.74, 6) is -1.28. The van der Waals surface area contributed by atoms with Crippen molar-refractivity contribution < 1.29 is 85.8 Å². The van der Waals surface area contributed by atoms with E-state index in [4.69, 9.17) is 80.0 Å². The van der Waals surface area contributed by atoms with Gasteiger partial charge in [0.25, 0.3) is 0 Å². The maximum atomic E-state index is 13.7. The minimum absolute atomic E-state index is 0.0253. The highest BCUT2D eigenvalue weighted by molar-refractivity contribution is 7.64. The van der Waals surface area contributed by atoms with Crippen LogP contribution in [0.25, 0.3) is 22.1 Å². The number of carbonyl (C=O) groups excluding carboxylic acids is 2. The van der Waals surface area contributed by atoms with E-state index in [1.165, 1.54) is 0 Å². The Bertz CT molecular complexity index is 3370. The first-order valence-corrected chi connectivity index (χ1v) is 48.3. The van der Waals surface area contributed by atoms with E-state index in [0.717, 1.165) is 63.5 Å². The van der Waals surface area contributed by atoms with Crippen molar-refractivity contribution in [1.29, 1.82) is 0 Å². The quantitative estimate of drug-likeness (QED) is 0.0255. The summed E-state index contributed by atoms with van der Waals surface area (Å²) in [7, 11) is -8.83. The van der Waals surface area contributed by atoms with Gasteiger partial charge in [-0.15, -0.1) is 0 Å². The lowest BCUT2D eigenvalue weighted by molar-refractivity contribution is -0.208. The van der Waals surface area contributed by atoms with Crippen molar-refractivity contribution in [3.63, 3.8) is 0 Å². The standard InChI is InChI=1S/2C33H55ClN5O9PSi/c2*1-31(2,3)48-30(41)38(21-13-11-12-14-21)26-22-17-35-39(27(22)37-29(34)36-26)28-25-24(46-32(4,5)47-25)23(45-28)18-44-33(19-40,49(6,7)42)20-43-15-16-50(8,9)10/h2*17,21,23-25,28,40H,11-16,18-20H2,1-10H3/t23-,24-,25-,28-,33?;23-,24-,25-,28-,33+/m11/s1. The van der Waals surface area contributed by atoms with Crippen LogP contribution in [0.4, 0.5) is 21.2 Å². The summed E-state index contributed by atoms with van der Waals surface area (Å²) in [6.45, 7) is 37.9. The van der Waals surface area contributed by atoms with Gasteiger partial charge in [-0.3, -0.25) is 9.80 Å². The Kier molecular flexibility index (Phi) is 24.9. The number of aliphatic hydroxyl groups is 2. The molecule has 10 atom stereocenters. The molecule has 28 nitrogen and oxygen atoms in total. The smallest absolute Gasteiger partial charge is 0.416 e. The number of carbonyl (C=O) groups is 2. The lowest BCUT2D eigenvalue weighted by Gasteiger charge is -2.36. The molecule has 34 heteroatoms. The Hall–Kier alpha value is -3.37. The molecule has 0 spiro atoms. The van der Waals surface area contributed by atoms with Crippen LogP contribution in [0, 0.1) is 0 Å². The normalized spacial score (nSPS) is 25.6. The van der Waals surface area contributed by atoms with Gasteiger partial charge in [-0.05, 0) is 157 Å². The molecular formula is C66H110Cl2N10O18P2Si2. The van der Waals surface area contributed by atoms with E-state index in [-0.39, 0.29) is 49.1 Å². The van der Waals surface area contributed by atoms with Crippen molar-refractivity contribution >= 4 is 99.5 Å². The van der Waals surface area contributed by atoms with Crippen LogP contribution in [0.1, 0.15) is 133 Å². The zero-order valence-corrected chi connectivity index (χ0v) is 67.5. The Morgan fingerprint density at radius 2 is 0.910 bits per heavy atom. The Labute approximate surface area is 600 Å². The number of rotatable bonds is 26. The number of fused-ring (bicyclic) bond motifs is 4. The second-order valence-electron chi connectivity index (χ2n) is 33.4. The van der Waals surface area contributed by atoms with E-state index < -0.39 is 138 Å². The predicted molar refractivity (Wildman–Crippen MR) is 386 cm³/mol. The van der Waals surface area contributed by atoms with Gasteiger partial charge in [0.2, 0.25) is 10.6 Å². The fraction of sp³-hybridized carbons (Fsp3) is 0.818. The van der Waals surface area contributed by atoms with E-state index >= 15 is 0 Å². The summed E-state index contributed by atoms with van der Waals surface area (Å²) in [5, 5.41) is 28.5. The van der Waals surface area contributed by atoms with E-state index in [0.29, 0.717) is 46.9 Å². The van der Waals surface area contributed by atoms with Crippen LogP contribution in [0.2, 0.25) is 61.9 Å². The molecule has 100 heavy (non-hydrogen) atoms. The molecule has 4 saturated heterocycles. The molecular weight excluding hydrogens is 1410 g/mol. The van der Waals surface area contributed by atoms with Gasteiger partial charge in [0.1, 0.15) is 62.1 Å². The summed E-state index contributed by atoms with van der Waals surface area (Å²) in [5.41, 5.74) is -0.752. The number of anilines is 2. The van der Waals surface area contributed by atoms with Crippen molar-refractivity contribution in [1.82, 2.24) is 39.5 Å². The van der Waals surface area contributed by atoms with Crippen molar-refractivity contribution in [2.75, 3.05) is 89.3 Å². The Morgan fingerprint density at radius 3 is 1.21 bits per heavy atom. The number of nitrogens with zero attached hydrogens (tertiary/aromatic N) is 10. The molecule has 4 aliphatic heterocycles. The Balaban J connectivity index is 0.000000233. The predicted octanol–water partition coefficient (Wildman–Crippen LogP) is 12.5. The second-order valence-corrected chi connectivity index (χ2v) is 52.3. The monoisotopic (exact) mass is 1520 g/mol. The first-order chi connectivity index (χ1) is 46.3. The fourth-order valence-electron chi connectivity index (χ4n) is 13.2. The second kappa shape index (κ2) is 30.8. The van der Waals surface area contributed by atoms with Crippen LogP contribution in [0.5, 0.6) is 0 Å². The molecule has 2 saturated carbocycles. The third-order valence-electron chi connectivity index (χ3n) is 18.7. The SMILES string of the molecule is CC(C)(C)OC(=O)N(c1nc(Cl)nc2c1cnn2[C@@H]1O[C@H](COC(CO)(COCC[Si](C)(C)C)P(C)(C)=O)[C@H]2OC(C)(C)O[C@H]21)C1CCCC1.CC(C)(C)OC(=O)N(c1nc(Cl)nc2c1cnn2[C@@H]1O[C@H](CO[C@](CO)(COCC[Si](C)(C)C)P(C)(C)=O)[C@H]2OC(C)(C)O[C@H]21)C1CCCC1. The molecule has 6 aliphatic rings. The zero-order valence-electron chi connectivity index (χ0n) is 62.2. The van der Waals surface area contributed by atoms with Crippen LogP contribution >= 0.6 is 37.5 Å². The highest BCUT2D eigenvalue weighted by Crippen LogP contribution is 2.55. The van der Waals surface area contributed by atoms with Crippen molar-refractivity contribution in [2.24, 2.45) is 0 Å². The minimum atomic E-state index is -3.05. The molecule has 2 amide bonds. The van der Waals surface area contributed by atoms with Crippen LogP contribution in [-0.2, 0) is 66.0 Å². The van der Waals surface area contributed by atoms with Crippen LogP contribution in [0.15, 0.2) is 12.4 Å². The molecule has 0 bridgehead atoms. The molecule has 0 aromatic carbocycles. The number of aromatic nitrogens is 8. The van der Waals surface area contributed by atoms with Crippen molar-refractivity contribution in [3.8, 4) is 0 Å². The maximum Gasteiger partial charge on any atom is 0.416 e. The maximum absolute atomic E-state index is 13.7. The number of aliphatic hydroxyl groups excluding tert-OH is 2. The molecule has 2 N–H and O–H groups in total. The lowest BCUT2D eigenvalue weighted by Crippen LogP contribution is -2.45. The first kappa shape index (κ1) is 80.7. The highest BCUT2D eigenvalue weighted by Gasteiger charge is 2.60. The van der Waals surface area contributed by atoms with Crippen molar-refractivity contribution in [2.45, 2.75) is 267 Å². The number of ether oxygens (including phenoxy) is 12.